The lowest BCUT2D eigenvalue weighted by molar-refractivity contribution is -0.133. The highest BCUT2D eigenvalue weighted by Crippen LogP contribution is 2.27. The average molecular weight is 406 g/mol. The van der Waals surface area contributed by atoms with Gasteiger partial charge in [0, 0.05) is 52.0 Å². The summed E-state index contributed by atoms with van der Waals surface area (Å²) >= 11 is 0. The number of carbonyl (C=O) groups is 2. The molecule has 0 aliphatic heterocycles. The third kappa shape index (κ3) is 7.76. The average Bonchev–Trinajstić information content (AvgIpc) is 3.53. The van der Waals surface area contributed by atoms with Crippen LogP contribution in [0.5, 0.6) is 0 Å². The summed E-state index contributed by atoms with van der Waals surface area (Å²) in [6.07, 6.45) is 2.56. The van der Waals surface area contributed by atoms with Crippen LogP contribution in [0.25, 0.3) is 0 Å². The molecule has 0 heterocycles. The van der Waals surface area contributed by atoms with Crippen LogP contribution in [0.3, 0.4) is 0 Å². The van der Waals surface area contributed by atoms with E-state index in [1.54, 1.807) is 19.1 Å². The van der Waals surface area contributed by atoms with Crippen molar-refractivity contribution in [2.24, 2.45) is 0 Å². The van der Waals surface area contributed by atoms with Gasteiger partial charge < -0.3 is 19.7 Å². The fraction of sp³-hybridized carbons (Fsp3) is 0.636. The Bertz CT molecular complexity index is 648. The molecule has 1 aromatic carbocycles. The van der Waals surface area contributed by atoms with E-state index in [4.69, 9.17) is 9.47 Å². The molecule has 162 valence electrons. The van der Waals surface area contributed by atoms with Gasteiger partial charge in [-0.05, 0) is 37.8 Å². The number of amides is 2. The first-order valence-electron chi connectivity index (χ1n) is 10.3. The number of hydrogen-bond acceptors (Lipinski definition) is 5. The van der Waals surface area contributed by atoms with Crippen LogP contribution in [0.4, 0.5) is 5.69 Å². The molecule has 7 nitrogen and oxygen atoms in total. The third-order valence-corrected chi connectivity index (χ3v) is 5.25. The number of anilines is 1. The number of carbonyl (C=O) groups excluding carboxylic acids is 2. The van der Waals surface area contributed by atoms with Gasteiger partial charge in [-0.1, -0.05) is 18.2 Å². The smallest absolute Gasteiger partial charge is 0.238 e. The van der Waals surface area contributed by atoms with E-state index in [2.05, 4.69) is 10.2 Å². The SMILES string of the molecule is COCCN(CCOC)C(=O)CCN(CC(=O)Nc1c(C)cccc1C)C1CC1. The van der Waals surface area contributed by atoms with Crippen molar-refractivity contribution < 1.29 is 19.1 Å². The quantitative estimate of drug-likeness (QED) is 0.545. The van der Waals surface area contributed by atoms with Crippen LogP contribution >= 0.6 is 0 Å². The van der Waals surface area contributed by atoms with Crippen molar-refractivity contribution in [2.75, 3.05) is 58.9 Å². The van der Waals surface area contributed by atoms with Crippen molar-refractivity contribution in [3.8, 4) is 0 Å². The van der Waals surface area contributed by atoms with E-state index in [-0.39, 0.29) is 11.8 Å². The lowest BCUT2D eigenvalue weighted by Crippen LogP contribution is -2.41. The summed E-state index contributed by atoms with van der Waals surface area (Å²) in [5.74, 6) is 0.0391. The molecule has 0 unspecified atom stereocenters. The van der Waals surface area contributed by atoms with Crippen LogP contribution in [-0.4, -0.2) is 81.3 Å². The summed E-state index contributed by atoms with van der Waals surface area (Å²) in [6.45, 7) is 6.98. The molecule has 1 N–H and O–H groups in total. The molecule has 1 aliphatic rings. The summed E-state index contributed by atoms with van der Waals surface area (Å²) in [4.78, 5) is 29.2. The van der Waals surface area contributed by atoms with Crippen LogP contribution in [-0.2, 0) is 19.1 Å². The second-order valence-electron chi connectivity index (χ2n) is 7.63. The van der Waals surface area contributed by atoms with Crippen LogP contribution < -0.4 is 5.32 Å². The molecule has 1 fully saturated rings. The second kappa shape index (κ2) is 11.9. The van der Waals surface area contributed by atoms with Gasteiger partial charge in [-0.15, -0.1) is 0 Å². The number of methoxy groups -OCH3 is 2. The number of ether oxygens (including phenoxy) is 2. The number of nitrogens with one attached hydrogen (secondary N) is 1. The van der Waals surface area contributed by atoms with Gasteiger partial charge in [0.2, 0.25) is 11.8 Å². The van der Waals surface area contributed by atoms with Gasteiger partial charge in [0.15, 0.2) is 0 Å². The van der Waals surface area contributed by atoms with Gasteiger partial charge in [0.05, 0.1) is 19.8 Å². The van der Waals surface area contributed by atoms with Crippen molar-refractivity contribution in [1.29, 1.82) is 0 Å². The Morgan fingerprint density at radius 3 is 2.14 bits per heavy atom. The Morgan fingerprint density at radius 2 is 1.62 bits per heavy atom. The van der Waals surface area contributed by atoms with Crippen molar-refractivity contribution in [3.05, 3.63) is 29.3 Å². The Hall–Kier alpha value is -1.96. The molecule has 0 aromatic heterocycles. The minimum Gasteiger partial charge on any atom is -0.383 e. The predicted octanol–water partition coefficient (Wildman–Crippen LogP) is 2.22. The zero-order chi connectivity index (χ0) is 21.2. The third-order valence-electron chi connectivity index (χ3n) is 5.25. The highest BCUT2D eigenvalue weighted by atomic mass is 16.5. The molecule has 2 rings (SSSR count). The number of hydrogen-bond donors (Lipinski definition) is 1. The highest BCUT2D eigenvalue weighted by molar-refractivity contribution is 5.93. The first-order chi connectivity index (χ1) is 14.0. The van der Waals surface area contributed by atoms with E-state index in [9.17, 15) is 9.59 Å². The van der Waals surface area contributed by atoms with E-state index >= 15 is 0 Å². The Balaban J connectivity index is 1.89. The fourth-order valence-electron chi connectivity index (χ4n) is 3.37. The lowest BCUT2D eigenvalue weighted by atomic mass is 10.1. The van der Waals surface area contributed by atoms with Gasteiger partial charge in [-0.2, -0.15) is 0 Å². The number of nitrogens with zero attached hydrogens (tertiary/aromatic N) is 2. The summed E-state index contributed by atoms with van der Waals surface area (Å²) in [6, 6.07) is 6.38. The van der Waals surface area contributed by atoms with Crippen LogP contribution in [0.15, 0.2) is 18.2 Å². The lowest BCUT2D eigenvalue weighted by Gasteiger charge is -2.25. The second-order valence-corrected chi connectivity index (χ2v) is 7.63. The van der Waals surface area contributed by atoms with Gasteiger partial charge in [-0.25, -0.2) is 0 Å². The summed E-state index contributed by atoms with van der Waals surface area (Å²) in [5, 5.41) is 3.05. The highest BCUT2D eigenvalue weighted by Gasteiger charge is 2.31. The van der Waals surface area contributed by atoms with E-state index in [0.29, 0.717) is 51.9 Å². The van der Waals surface area contributed by atoms with Crippen LogP contribution in [0, 0.1) is 13.8 Å². The van der Waals surface area contributed by atoms with Crippen molar-refractivity contribution in [1.82, 2.24) is 9.80 Å². The van der Waals surface area contributed by atoms with Crippen LogP contribution in [0.1, 0.15) is 30.4 Å². The van der Waals surface area contributed by atoms with Gasteiger partial charge in [-0.3, -0.25) is 14.5 Å². The summed E-state index contributed by atoms with van der Waals surface area (Å²) < 4.78 is 10.2. The Labute approximate surface area is 174 Å². The minimum absolute atomic E-state index is 0.0302. The van der Waals surface area contributed by atoms with Crippen LogP contribution in [0.2, 0.25) is 0 Å². The Kier molecular flexibility index (Phi) is 9.57. The van der Waals surface area contributed by atoms with E-state index < -0.39 is 0 Å². The maximum absolute atomic E-state index is 12.7. The fourth-order valence-corrected chi connectivity index (χ4v) is 3.37. The molecule has 1 aliphatic carbocycles. The monoisotopic (exact) mass is 405 g/mol. The number of para-hydroxylation sites is 1. The maximum Gasteiger partial charge on any atom is 0.238 e. The molecular weight excluding hydrogens is 370 g/mol. The van der Waals surface area contributed by atoms with Gasteiger partial charge in [0.1, 0.15) is 0 Å². The van der Waals surface area contributed by atoms with Crippen molar-refractivity contribution >= 4 is 17.5 Å². The van der Waals surface area contributed by atoms with Crippen molar-refractivity contribution in [2.45, 2.75) is 39.2 Å². The number of rotatable bonds is 13. The first-order valence-corrected chi connectivity index (χ1v) is 10.3. The topological polar surface area (TPSA) is 71.1 Å². The van der Waals surface area contributed by atoms with E-state index in [1.807, 2.05) is 32.0 Å². The molecule has 2 amide bonds. The van der Waals surface area contributed by atoms with Crippen molar-refractivity contribution in [3.63, 3.8) is 0 Å². The first kappa shape index (κ1) is 23.3. The standard InChI is InChI=1S/C22H35N3O4/c1-17-6-5-7-18(2)22(17)23-20(26)16-25(19-8-9-19)11-10-21(27)24(12-14-28-3)13-15-29-4/h5-7,19H,8-16H2,1-4H3,(H,23,26). The molecule has 29 heavy (non-hydrogen) atoms. The molecular formula is C22H35N3O4. The predicted molar refractivity (Wildman–Crippen MR) is 114 cm³/mol. The van der Waals surface area contributed by atoms with E-state index in [0.717, 1.165) is 29.7 Å². The molecule has 7 heteroatoms. The molecule has 0 spiro atoms. The number of benzene rings is 1. The molecule has 0 saturated heterocycles. The zero-order valence-electron chi connectivity index (χ0n) is 18.2. The number of aryl methyl sites for hydroxylation is 2. The normalized spacial score (nSPS) is 13.6. The maximum atomic E-state index is 12.7. The molecule has 1 saturated carbocycles. The van der Waals surface area contributed by atoms with Gasteiger partial charge >= 0.3 is 0 Å². The molecule has 0 atom stereocenters. The molecule has 1 aromatic rings. The largest absolute Gasteiger partial charge is 0.383 e. The summed E-state index contributed by atoms with van der Waals surface area (Å²) in [7, 11) is 3.26. The molecule has 0 radical (unpaired) electrons. The van der Waals surface area contributed by atoms with Gasteiger partial charge in [0.25, 0.3) is 0 Å². The minimum atomic E-state index is -0.0302. The summed E-state index contributed by atoms with van der Waals surface area (Å²) in [5.41, 5.74) is 2.99. The Morgan fingerprint density at radius 1 is 1.03 bits per heavy atom. The van der Waals surface area contributed by atoms with E-state index in [1.165, 1.54) is 0 Å². The zero-order valence-corrected chi connectivity index (χ0v) is 18.2. The molecule has 0 bridgehead atoms.